The van der Waals surface area contributed by atoms with Gasteiger partial charge in [-0.3, -0.25) is 9.59 Å². The van der Waals surface area contributed by atoms with Crippen LogP contribution >= 0.6 is 0 Å². The van der Waals surface area contributed by atoms with Gasteiger partial charge in [0, 0.05) is 6.54 Å². The summed E-state index contributed by atoms with van der Waals surface area (Å²) in [4.78, 5) is 27.4. The minimum atomic E-state index is -0.543. The normalized spacial score (nSPS) is 26.2. The Morgan fingerprint density at radius 1 is 1.25 bits per heavy atom. The Morgan fingerprint density at radius 3 is 2.45 bits per heavy atom. The number of carbonyl (C=O) groups excluding carboxylic acids is 2. The molecule has 0 radical (unpaired) electrons. The fourth-order valence-electron chi connectivity index (χ4n) is 3.69. The predicted molar refractivity (Wildman–Crippen MR) is 79.2 cm³/mol. The zero-order chi connectivity index (χ0) is 14.8. The van der Waals surface area contributed by atoms with Crippen LogP contribution in [0.2, 0.25) is 0 Å². The third-order valence-corrected chi connectivity index (χ3v) is 4.64. The Morgan fingerprint density at radius 2 is 1.90 bits per heavy atom. The molecule has 1 N–H and O–H groups in total. The summed E-state index contributed by atoms with van der Waals surface area (Å²) in [5.41, 5.74) is -0.543. The van der Waals surface area contributed by atoms with Crippen LogP contribution in [0.3, 0.4) is 0 Å². The van der Waals surface area contributed by atoms with E-state index in [-0.39, 0.29) is 17.9 Å². The lowest BCUT2D eigenvalue weighted by Crippen LogP contribution is -2.71. The molecule has 1 heterocycles. The smallest absolute Gasteiger partial charge is 0.246 e. The summed E-state index contributed by atoms with van der Waals surface area (Å²) in [6.45, 7) is 6.97. The summed E-state index contributed by atoms with van der Waals surface area (Å²) >= 11 is 0. The average Bonchev–Trinajstić information content (AvgIpc) is 2.42. The van der Waals surface area contributed by atoms with E-state index in [0.29, 0.717) is 12.5 Å². The van der Waals surface area contributed by atoms with Gasteiger partial charge in [-0.1, -0.05) is 40.0 Å². The second kappa shape index (κ2) is 6.15. The fraction of sp³-hybridized carbons (Fsp3) is 0.875. The van der Waals surface area contributed by atoms with Gasteiger partial charge in [0.15, 0.2) is 0 Å². The lowest BCUT2D eigenvalue weighted by molar-refractivity contribution is -0.160. The SMILES string of the molecule is CCCN1C(=O)C(CC(C)C)NC(=O)C12CCCCC2. The molecular weight excluding hydrogens is 252 g/mol. The van der Waals surface area contributed by atoms with Gasteiger partial charge in [-0.15, -0.1) is 0 Å². The van der Waals surface area contributed by atoms with Crippen molar-refractivity contribution in [1.29, 1.82) is 0 Å². The number of hydrogen-bond acceptors (Lipinski definition) is 2. The second-order valence-electron chi connectivity index (χ2n) is 6.74. The van der Waals surface area contributed by atoms with Crippen molar-refractivity contribution in [3.63, 3.8) is 0 Å². The molecule has 2 fully saturated rings. The lowest BCUT2D eigenvalue weighted by Gasteiger charge is -2.50. The first-order valence-corrected chi connectivity index (χ1v) is 8.13. The van der Waals surface area contributed by atoms with Gasteiger partial charge in [0.1, 0.15) is 11.6 Å². The van der Waals surface area contributed by atoms with Crippen molar-refractivity contribution >= 4 is 11.8 Å². The Balaban J connectivity index is 2.25. The summed E-state index contributed by atoms with van der Waals surface area (Å²) in [6.07, 6.45) is 6.60. The largest absolute Gasteiger partial charge is 0.342 e. The van der Waals surface area contributed by atoms with Crippen molar-refractivity contribution in [2.24, 2.45) is 5.92 Å². The van der Waals surface area contributed by atoms with E-state index in [2.05, 4.69) is 26.1 Å². The molecule has 2 amide bonds. The number of amides is 2. The van der Waals surface area contributed by atoms with Crippen molar-refractivity contribution in [3.05, 3.63) is 0 Å². The highest BCUT2D eigenvalue weighted by Gasteiger charge is 2.52. The van der Waals surface area contributed by atoms with Gasteiger partial charge in [-0.25, -0.2) is 0 Å². The zero-order valence-electron chi connectivity index (χ0n) is 13.1. The number of hydrogen-bond donors (Lipinski definition) is 1. The zero-order valence-corrected chi connectivity index (χ0v) is 13.1. The highest BCUT2D eigenvalue weighted by atomic mass is 16.2. The molecule has 1 saturated carbocycles. The molecule has 1 atom stereocenters. The minimum Gasteiger partial charge on any atom is -0.342 e. The van der Waals surface area contributed by atoms with Crippen LogP contribution in [0.25, 0.3) is 0 Å². The second-order valence-corrected chi connectivity index (χ2v) is 6.74. The van der Waals surface area contributed by atoms with E-state index in [0.717, 1.165) is 38.5 Å². The summed E-state index contributed by atoms with van der Waals surface area (Å²) in [7, 11) is 0. The van der Waals surface area contributed by atoms with E-state index in [1.54, 1.807) is 0 Å². The predicted octanol–water partition coefficient (Wildman–Crippen LogP) is 2.47. The van der Waals surface area contributed by atoms with Crippen LogP contribution in [0.5, 0.6) is 0 Å². The van der Waals surface area contributed by atoms with Gasteiger partial charge in [0.05, 0.1) is 0 Å². The highest BCUT2D eigenvalue weighted by Crippen LogP contribution is 2.37. The summed E-state index contributed by atoms with van der Waals surface area (Å²) in [6, 6.07) is -0.318. The molecule has 20 heavy (non-hydrogen) atoms. The molecule has 1 aliphatic heterocycles. The topological polar surface area (TPSA) is 49.4 Å². The van der Waals surface area contributed by atoms with Crippen LogP contribution in [0.15, 0.2) is 0 Å². The molecule has 0 bridgehead atoms. The molecule has 1 unspecified atom stereocenters. The van der Waals surface area contributed by atoms with Gasteiger partial charge < -0.3 is 10.2 Å². The molecular formula is C16H28N2O2. The van der Waals surface area contributed by atoms with Crippen molar-refractivity contribution < 1.29 is 9.59 Å². The Labute approximate surface area is 122 Å². The van der Waals surface area contributed by atoms with E-state index in [4.69, 9.17) is 0 Å². The average molecular weight is 280 g/mol. The van der Waals surface area contributed by atoms with Crippen molar-refractivity contribution in [1.82, 2.24) is 10.2 Å². The number of nitrogens with one attached hydrogen (secondary N) is 1. The molecule has 4 heteroatoms. The van der Waals surface area contributed by atoms with Crippen LogP contribution in [-0.4, -0.2) is 34.8 Å². The summed E-state index contributed by atoms with van der Waals surface area (Å²) < 4.78 is 0. The van der Waals surface area contributed by atoms with Crippen molar-refractivity contribution in [2.45, 2.75) is 77.3 Å². The number of carbonyl (C=O) groups is 2. The maximum absolute atomic E-state index is 12.8. The van der Waals surface area contributed by atoms with E-state index in [1.165, 1.54) is 6.42 Å². The summed E-state index contributed by atoms with van der Waals surface area (Å²) in [5, 5.41) is 3.02. The van der Waals surface area contributed by atoms with Crippen LogP contribution in [0, 0.1) is 5.92 Å². The summed E-state index contributed by atoms with van der Waals surface area (Å²) in [5.74, 6) is 0.645. The van der Waals surface area contributed by atoms with Gasteiger partial charge in [0.25, 0.3) is 0 Å². The Bertz CT molecular complexity index is 373. The lowest BCUT2D eigenvalue weighted by atomic mass is 9.77. The van der Waals surface area contributed by atoms with Crippen LogP contribution < -0.4 is 5.32 Å². The minimum absolute atomic E-state index is 0.0934. The maximum Gasteiger partial charge on any atom is 0.246 e. The fourth-order valence-corrected chi connectivity index (χ4v) is 3.69. The van der Waals surface area contributed by atoms with Crippen LogP contribution in [-0.2, 0) is 9.59 Å². The van der Waals surface area contributed by atoms with E-state index < -0.39 is 5.54 Å². The monoisotopic (exact) mass is 280 g/mol. The third-order valence-electron chi connectivity index (χ3n) is 4.64. The Hall–Kier alpha value is -1.06. The molecule has 0 aromatic carbocycles. The molecule has 1 saturated heterocycles. The molecule has 1 spiro atoms. The molecule has 1 aliphatic carbocycles. The van der Waals surface area contributed by atoms with Crippen LogP contribution in [0.1, 0.15) is 65.7 Å². The molecule has 0 aromatic rings. The quantitative estimate of drug-likeness (QED) is 0.860. The van der Waals surface area contributed by atoms with Crippen molar-refractivity contribution in [2.75, 3.05) is 6.54 Å². The Kier molecular flexibility index (Phi) is 4.71. The number of nitrogens with zero attached hydrogens (tertiary/aromatic N) is 1. The van der Waals surface area contributed by atoms with E-state index in [9.17, 15) is 9.59 Å². The van der Waals surface area contributed by atoms with E-state index in [1.807, 2.05) is 4.90 Å². The standard InChI is InChI=1S/C16H28N2O2/c1-4-10-18-14(19)13(11-12(2)3)17-15(20)16(18)8-6-5-7-9-16/h12-13H,4-11H2,1-3H3,(H,17,20). The molecule has 0 aromatic heterocycles. The van der Waals surface area contributed by atoms with Crippen molar-refractivity contribution in [3.8, 4) is 0 Å². The van der Waals surface area contributed by atoms with Gasteiger partial charge in [-0.2, -0.15) is 0 Å². The first-order chi connectivity index (χ1) is 9.51. The number of rotatable bonds is 4. The molecule has 2 rings (SSSR count). The molecule has 4 nitrogen and oxygen atoms in total. The maximum atomic E-state index is 12.8. The van der Waals surface area contributed by atoms with Gasteiger partial charge in [-0.05, 0) is 31.6 Å². The third kappa shape index (κ3) is 2.70. The first kappa shape index (κ1) is 15.3. The van der Waals surface area contributed by atoms with Crippen LogP contribution in [0.4, 0.5) is 0 Å². The van der Waals surface area contributed by atoms with E-state index >= 15 is 0 Å². The van der Waals surface area contributed by atoms with Gasteiger partial charge in [0.2, 0.25) is 11.8 Å². The highest BCUT2D eigenvalue weighted by molar-refractivity contribution is 5.99. The van der Waals surface area contributed by atoms with Gasteiger partial charge >= 0.3 is 0 Å². The molecule has 2 aliphatic rings. The number of piperazine rings is 1. The first-order valence-electron chi connectivity index (χ1n) is 8.13. The molecule has 114 valence electrons.